The lowest BCUT2D eigenvalue weighted by Gasteiger charge is -2.07. The van der Waals surface area contributed by atoms with E-state index in [0.29, 0.717) is 22.5 Å². The molecule has 0 atom stereocenters. The summed E-state index contributed by atoms with van der Waals surface area (Å²) in [5.74, 6) is -0.0444. The molecule has 2 amide bonds. The van der Waals surface area contributed by atoms with E-state index >= 15 is 0 Å². The van der Waals surface area contributed by atoms with Crippen LogP contribution in [0.4, 0.5) is 20.7 Å². The van der Waals surface area contributed by atoms with Gasteiger partial charge in [-0.1, -0.05) is 18.2 Å². The SMILES string of the molecule is O=C(Nc1ccccc1)Nc1ncnc2c1ncn2-c1ccc(F)cc1. The van der Waals surface area contributed by atoms with Crippen molar-refractivity contribution >= 4 is 28.7 Å². The van der Waals surface area contributed by atoms with Gasteiger partial charge >= 0.3 is 6.03 Å². The fourth-order valence-corrected chi connectivity index (χ4v) is 2.51. The number of nitrogens with zero attached hydrogens (tertiary/aromatic N) is 4. The van der Waals surface area contributed by atoms with Crippen molar-refractivity contribution < 1.29 is 9.18 Å². The molecule has 0 aliphatic rings. The van der Waals surface area contributed by atoms with E-state index in [2.05, 4.69) is 25.6 Å². The summed E-state index contributed by atoms with van der Waals surface area (Å²) in [6, 6.07) is 14.6. The van der Waals surface area contributed by atoms with Crippen molar-refractivity contribution in [2.45, 2.75) is 0 Å². The standard InChI is InChI=1S/C18H13FN6O/c19-12-6-8-14(9-7-12)25-11-22-15-16(20-10-21-17(15)25)24-18(26)23-13-4-2-1-3-5-13/h1-11H,(H2,20,21,23,24,26). The van der Waals surface area contributed by atoms with E-state index in [0.717, 1.165) is 0 Å². The van der Waals surface area contributed by atoms with Crippen molar-refractivity contribution in [3.8, 4) is 5.69 Å². The molecule has 2 heterocycles. The predicted octanol–water partition coefficient (Wildman–Crippen LogP) is 3.60. The van der Waals surface area contributed by atoms with Crippen molar-refractivity contribution in [1.29, 1.82) is 0 Å². The third kappa shape index (κ3) is 3.07. The molecule has 0 aliphatic carbocycles. The highest BCUT2D eigenvalue weighted by molar-refractivity contribution is 6.03. The number of carbonyl (C=O) groups is 1. The number of hydrogen-bond donors (Lipinski definition) is 2. The number of para-hydroxylation sites is 1. The van der Waals surface area contributed by atoms with Gasteiger partial charge in [-0.15, -0.1) is 0 Å². The highest BCUT2D eigenvalue weighted by Gasteiger charge is 2.13. The number of anilines is 2. The lowest BCUT2D eigenvalue weighted by Crippen LogP contribution is -2.20. The Morgan fingerprint density at radius 1 is 0.923 bits per heavy atom. The topological polar surface area (TPSA) is 84.7 Å². The molecule has 7 nitrogen and oxygen atoms in total. The maximum Gasteiger partial charge on any atom is 0.324 e. The van der Waals surface area contributed by atoms with Gasteiger partial charge in [0.15, 0.2) is 17.0 Å². The van der Waals surface area contributed by atoms with E-state index in [-0.39, 0.29) is 11.6 Å². The second-order valence-corrected chi connectivity index (χ2v) is 5.43. The number of rotatable bonds is 3. The fourth-order valence-electron chi connectivity index (χ4n) is 2.51. The van der Waals surface area contributed by atoms with Crippen LogP contribution in [0.25, 0.3) is 16.9 Å². The van der Waals surface area contributed by atoms with Gasteiger partial charge in [-0.25, -0.2) is 24.1 Å². The fraction of sp³-hybridized carbons (Fsp3) is 0. The van der Waals surface area contributed by atoms with Gasteiger partial charge in [-0.05, 0) is 36.4 Å². The first kappa shape index (κ1) is 15.7. The monoisotopic (exact) mass is 348 g/mol. The molecule has 0 saturated heterocycles. The van der Waals surface area contributed by atoms with E-state index in [1.165, 1.54) is 18.5 Å². The molecule has 0 radical (unpaired) electrons. The second kappa shape index (κ2) is 6.60. The van der Waals surface area contributed by atoms with Crippen LogP contribution in [0.1, 0.15) is 0 Å². The normalized spacial score (nSPS) is 10.7. The molecule has 8 heteroatoms. The van der Waals surface area contributed by atoms with Gasteiger partial charge in [0.2, 0.25) is 0 Å². The third-order valence-corrected chi connectivity index (χ3v) is 3.70. The van der Waals surface area contributed by atoms with Crippen LogP contribution in [-0.2, 0) is 0 Å². The smallest absolute Gasteiger partial charge is 0.308 e. The maximum atomic E-state index is 13.1. The average molecular weight is 348 g/mol. The quantitative estimate of drug-likeness (QED) is 0.592. The summed E-state index contributed by atoms with van der Waals surface area (Å²) in [5, 5.41) is 5.38. The number of halogens is 1. The van der Waals surface area contributed by atoms with Crippen LogP contribution >= 0.6 is 0 Å². The molecule has 128 valence electrons. The minimum atomic E-state index is -0.437. The Morgan fingerprint density at radius 2 is 1.69 bits per heavy atom. The Labute approximate surface area is 147 Å². The number of hydrogen-bond acceptors (Lipinski definition) is 4. The molecule has 0 aliphatic heterocycles. The number of urea groups is 1. The summed E-state index contributed by atoms with van der Waals surface area (Å²) in [5.41, 5.74) is 2.29. The summed E-state index contributed by atoms with van der Waals surface area (Å²) < 4.78 is 14.8. The predicted molar refractivity (Wildman–Crippen MR) is 95.7 cm³/mol. The lowest BCUT2D eigenvalue weighted by atomic mass is 10.3. The van der Waals surface area contributed by atoms with Crippen LogP contribution in [0.5, 0.6) is 0 Å². The molecule has 0 fully saturated rings. The zero-order chi connectivity index (χ0) is 17.9. The van der Waals surface area contributed by atoms with E-state index < -0.39 is 6.03 Å². The van der Waals surface area contributed by atoms with Gasteiger partial charge in [0.05, 0.1) is 0 Å². The van der Waals surface area contributed by atoms with Gasteiger partial charge in [0, 0.05) is 11.4 Å². The third-order valence-electron chi connectivity index (χ3n) is 3.70. The number of benzene rings is 2. The molecule has 0 saturated carbocycles. The zero-order valence-corrected chi connectivity index (χ0v) is 13.4. The Morgan fingerprint density at radius 3 is 2.46 bits per heavy atom. The molecular weight excluding hydrogens is 335 g/mol. The molecule has 4 rings (SSSR count). The Bertz CT molecular complexity index is 1060. The number of nitrogens with one attached hydrogen (secondary N) is 2. The molecule has 2 aromatic carbocycles. The zero-order valence-electron chi connectivity index (χ0n) is 13.4. The van der Waals surface area contributed by atoms with Crippen LogP contribution in [0, 0.1) is 5.82 Å². The number of amides is 2. The van der Waals surface area contributed by atoms with E-state index in [1.54, 1.807) is 35.2 Å². The van der Waals surface area contributed by atoms with Gasteiger partial charge in [-0.2, -0.15) is 0 Å². The summed E-state index contributed by atoms with van der Waals surface area (Å²) in [6.45, 7) is 0. The van der Waals surface area contributed by atoms with Crippen LogP contribution in [0.15, 0.2) is 67.3 Å². The highest BCUT2D eigenvalue weighted by Crippen LogP contribution is 2.21. The first-order valence-corrected chi connectivity index (χ1v) is 7.78. The molecule has 2 aromatic heterocycles. The van der Waals surface area contributed by atoms with E-state index in [4.69, 9.17) is 0 Å². The first-order chi connectivity index (χ1) is 12.7. The van der Waals surface area contributed by atoms with Crippen molar-refractivity contribution in [3.63, 3.8) is 0 Å². The van der Waals surface area contributed by atoms with Gasteiger partial charge in [0.1, 0.15) is 18.5 Å². The number of fused-ring (bicyclic) bond motifs is 1. The second-order valence-electron chi connectivity index (χ2n) is 5.43. The van der Waals surface area contributed by atoms with Crippen molar-refractivity contribution in [2.24, 2.45) is 0 Å². The van der Waals surface area contributed by atoms with Crippen molar-refractivity contribution in [1.82, 2.24) is 19.5 Å². The minimum absolute atomic E-state index is 0.282. The molecular formula is C18H13FN6O. The molecule has 26 heavy (non-hydrogen) atoms. The lowest BCUT2D eigenvalue weighted by molar-refractivity contribution is 0.262. The Balaban J connectivity index is 1.62. The summed E-state index contributed by atoms with van der Waals surface area (Å²) >= 11 is 0. The minimum Gasteiger partial charge on any atom is -0.308 e. The Kier molecular flexibility index (Phi) is 3.98. The molecule has 2 N–H and O–H groups in total. The molecule has 0 spiro atoms. The Hall–Kier alpha value is -3.81. The number of aromatic nitrogens is 4. The number of imidazole rings is 1. The number of carbonyl (C=O) groups excluding carboxylic acids is 1. The molecule has 0 bridgehead atoms. The van der Waals surface area contributed by atoms with Gasteiger partial charge < -0.3 is 5.32 Å². The average Bonchev–Trinajstić information content (AvgIpc) is 3.08. The van der Waals surface area contributed by atoms with Crippen LogP contribution in [0.3, 0.4) is 0 Å². The summed E-state index contributed by atoms with van der Waals surface area (Å²) in [7, 11) is 0. The highest BCUT2D eigenvalue weighted by atomic mass is 19.1. The van der Waals surface area contributed by atoms with Crippen LogP contribution in [0.2, 0.25) is 0 Å². The maximum absolute atomic E-state index is 13.1. The molecule has 4 aromatic rings. The van der Waals surface area contributed by atoms with Crippen LogP contribution < -0.4 is 10.6 Å². The molecule has 0 unspecified atom stereocenters. The van der Waals surface area contributed by atoms with Crippen LogP contribution in [-0.4, -0.2) is 25.6 Å². The van der Waals surface area contributed by atoms with Crippen molar-refractivity contribution in [2.75, 3.05) is 10.6 Å². The summed E-state index contributed by atoms with van der Waals surface area (Å²) in [6.07, 6.45) is 2.88. The largest absolute Gasteiger partial charge is 0.324 e. The van der Waals surface area contributed by atoms with E-state index in [1.807, 2.05) is 18.2 Å². The van der Waals surface area contributed by atoms with Crippen molar-refractivity contribution in [3.05, 3.63) is 73.1 Å². The van der Waals surface area contributed by atoms with Gasteiger partial charge in [-0.3, -0.25) is 9.88 Å². The van der Waals surface area contributed by atoms with Gasteiger partial charge in [0.25, 0.3) is 0 Å². The summed E-state index contributed by atoms with van der Waals surface area (Å²) in [4.78, 5) is 24.8. The van der Waals surface area contributed by atoms with E-state index in [9.17, 15) is 9.18 Å². The first-order valence-electron chi connectivity index (χ1n) is 7.78.